The zero-order valence-corrected chi connectivity index (χ0v) is 11.6. The van der Waals surface area contributed by atoms with Crippen LogP contribution in [0.3, 0.4) is 0 Å². The fourth-order valence-corrected chi connectivity index (χ4v) is 3.70. The fraction of sp³-hybridized carbons (Fsp3) is 0.615. The summed E-state index contributed by atoms with van der Waals surface area (Å²) in [6.45, 7) is 3.85. The Morgan fingerprint density at radius 3 is 2.78 bits per heavy atom. The molecule has 0 saturated carbocycles. The molecule has 1 N–H and O–H groups in total. The van der Waals surface area contributed by atoms with Crippen molar-refractivity contribution in [1.29, 1.82) is 0 Å². The van der Waals surface area contributed by atoms with Gasteiger partial charge in [-0.05, 0) is 37.9 Å². The van der Waals surface area contributed by atoms with Crippen molar-refractivity contribution in [1.82, 2.24) is 15.3 Å². The van der Waals surface area contributed by atoms with Gasteiger partial charge in [0.05, 0.1) is 4.88 Å². The number of nitrogens with one attached hydrogen (secondary N) is 1. The van der Waals surface area contributed by atoms with Gasteiger partial charge in [0.1, 0.15) is 0 Å². The Balaban J connectivity index is 1.60. The van der Waals surface area contributed by atoms with Crippen molar-refractivity contribution < 1.29 is 4.79 Å². The first-order chi connectivity index (χ1) is 8.72. The average molecular weight is 265 g/mol. The second kappa shape index (κ2) is 4.99. The van der Waals surface area contributed by atoms with Gasteiger partial charge in [-0.3, -0.25) is 10.2 Å². The van der Waals surface area contributed by atoms with Crippen molar-refractivity contribution in [2.75, 3.05) is 33.2 Å². The van der Waals surface area contributed by atoms with Gasteiger partial charge in [-0.2, -0.15) is 0 Å². The van der Waals surface area contributed by atoms with Crippen molar-refractivity contribution >= 4 is 17.2 Å². The number of thiophene rings is 1. The van der Waals surface area contributed by atoms with Gasteiger partial charge in [0, 0.05) is 31.1 Å². The highest BCUT2D eigenvalue weighted by Gasteiger charge is 2.21. The van der Waals surface area contributed by atoms with Crippen LogP contribution in [0.5, 0.6) is 0 Å². The molecule has 3 rings (SSSR count). The lowest BCUT2D eigenvalue weighted by Crippen LogP contribution is -2.52. The molecule has 5 heteroatoms. The van der Waals surface area contributed by atoms with E-state index in [9.17, 15) is 4.79 Å². The van der Waals surface area contributed by atoms with Crippen LogP contribution in [-0.2, 0) is 12.8 Å². The molecular formula is C13H19N3OS. The van der Waals surface area contributed by atoms with Crippen LogP contribution in [0.15, 0.2) is 6.07 Å². The minimum atomic E-state index is 0.0685. The van der Waals surface area contributed by atoms with E-state index in [-0.39, 0.29) is 5.91 Å². The number of hydrazine groups is 1. The summed E-state index contributed by atoms with van der Waals surface area (Å²) in [4.78, 5) is 16.7. The maximum Gasteiger partial charge on any atom is 0.275 e. The standard InChI is InChI=1S/C13H19N3OS/c1-15-5-7-16(8-6-15)14-13(17)12-9-10-3-2-4-11(10)18-12/h9H,2-8H2,1H3,(H,14,17). The maximum absolute atomic E-state index is 12.1. The number of aryl methyl sites for hydroxylation is 2. The Bertz CT molecular complexity index is 428. The van der Waals surface area contributed by atoms with Crippen LogP contribution in [0.1, 0.15) is 26.5 Å². The van der Waals surface area contributed by atoms with Crippen LogP contribution in [0.4, 0.5) is 0 Å². The van der Waals surface area contributed by atoms with E-state index in [1.807, 2.05) is 5.01 Å². The number of hydrogen-bond acceptors (Lipinski definition) is 4. The smallest absolute Gasteiger partial charge is 0.275 e. The molecule has 0 spiro atoms. The van der Waals surface area contributed by atoms with E-state index >= 15 is 0 Å². The van der Waals surface area contributed by atoms with Gasteiger partial charge in [0.2, 0.25) is 0 Å². The third kappa shape index (κ3) is 2.43. The van der Waals surface area contributed by atoms with Crippen molar-refractivity contribution in [2.45, 2.75) is 19.3 Å². The summed E-state index contributed by atoms with van der Waals surface area (Å²) >= 11 is 1.67. The predicted molar refractivity (Wildman–Crippen MR) is 72.9 cm³/mol. The van der Waals surface area contributed by atoms with Gasteiger partial charge in [-0.15, -0.1) is 11.3 Å². The maximum atomic E-state index is 12.1. The molecular weight excluding hydrogens is 246 g/mol. The number of likely N-dealkylation sites (N-methyl/N-ethyl adjacent to an activating group) is 1. The molecule has 0 unspecified atom stereocenters. The van der Waals surface area contributed by atoms with E-state index < -0.39 is 0 Å². The molecule has 1 fully saturated rings. The topological polar surface area (TPSA) is 35.6 Å². The Morgan fingerprint density at radius 1 is 1.28 bits per heavy atom. The van der Waals surface area contributed by atoms with Crippen LogP contribution in [0, 0.1) is 0 Å². The second-order valence-corrected chi connectivity index (χ2v) is 6.28. The second-order valence-electron chi connectivity index (χ2n) is 5.14. The quantitative estimate of drug-likeness (QED) is 0.871. The minimum Gasteiger partial charge on any atom is -0.304 e. The largest absolute Gasteiger partial charge is 0.304 e. The molecule has 1 aliphatic carbocycles. The number of fused-ring (bicyclic) bond motifs is 1. The highest BCUT2D eigenvalue weighted by molar-refractivity contribution is 7.14. The number of amides is 1. The van der Waals surface area contributed by atoms with Crippen molar-refractivity contribution in [3.63, 3.8) is 0 Å². The van der Waals surface area contributed by atoms with Gasteiger partial charge in [0.15, 0.2) is 0 Å². The molecule has 1 aromatic heterocycles. The molecule has 0 atom stereocenters. The summed E-state index contributed by atoms with van der Waals surface area (Å²) in [5, 5.41) is 2.03. The summed E-state index contributed by atoms with van der Waals surface area (Å²) in [5.41, 5.74) is 4.41. The first-order valence-electron chi connectivity index (χ1n) is 6.58. The fourth-order valence-electron chi connectivity index (χ4n) is 2.56. The molecule has 4 nitrogen and oxygen atoms in total. The molecule has 2 heterocycles. The third-order valence-corrected chi connectivity index (χ3v) is 4.97. The SMILES string of the molecule is CN1CCN(NC(=O)c2cc3c(s2)CCC3)CC1. The van der Waals surface area contributed by atoms with E-state index in [0.717, 1.165) is 43.9 Å². The number of piperazine rings is 1. The first kappa shape index (κ1) is 12.1. The third-order valence-electron chi connectivity index (χ3n) is 3.73. The lowest BCUT2D eigenvalue weighted by atomic mass is 10.2. The molecule has 1 aromatic rings. The average Bonchev–Trinajstić information content (AvgIpc) is 2.92. The molecule has 98 valence electrons. The van der Waals surface area contributed by atoms with Gasteiger partial charge in [-0.1, -0.05) is 0 Å². The molecule has 1 saturated heterocycles. The molecule has 1 aliphatic heterocycles. The van der Waals surface area contributed by atoms with Crippen LogP contribution in [0.25, 0.3) is 0 Å². The van der Waals surface area contributed by atoms with Crippen LogP contribution < -0.4 is 5.43 Å². The summed E-state index contributed by atoms with van der Waals surface area (Å²) in [7, 11) is 2.11. The van der Waals surface area contributed by atoms with Gasteiger partial charge >= 0.3 is 0 Å². The zero-order chi connectivity index (χ0) is 12.5. The lowest BCUT2D eigenvalue weighted by Gasteiger charge is -2.32. The Morgan fingerprint density at radius 2 is 2.06 bits per heavy atom. The van der Waals surface area contributed by atoms with Crippen LogP contribution in [0.2, 0.25) is 0 Å². The highest BCUT2D eigenvalue weighted by Crippen LogP contribution is 2.30. The van der Waals surface area contributed by atoms with Crippen LogP contribution >= 0.6 is 11.3 Å². The van der Waals surface area contributed by atoms with E-state index in [2.05, 4.69) is 23.4 Å². The van der Waals surface area contributed by atoms with E-state index in [0.29, 0.717) is 0 Å². The van der Waals surface area contributed by atoms with Crippen LogP contribution in [-0.4, -0.2) is 49.0 Å². The van der Waals surface area contributed by atoms with Crippen molar-refractivity contribution in [2.24, 2.45) is 0 Å². The minimum absolute atomic E-state index is 0.0685. The molecule has 2 aliphatic rings. The van der Waals surface area contributed by atoms with Crippen molar-refractivity contribution in [3.8, 4) is 0 Å². The molecule has 18 heavy (non-hydrogen) atoms. The number of nitrogens with zero attached hydrogens (tertiary/aromatic N) is 2. The first-order valence-corrected chi connectivity index (χ1v) is 7.40. The Hall–Kier alpha value is -0.910. The monoisotopic (exact) mass is 265 g/mol. The van der Waals surface area contributed by atoms with E-state index in [1.165, 1.54) is 16.9 Å². The zero-order valence-electron chi connectivity index (χ0n) is 10.7. The van der Waals surface area contributed by atoms with Crippen molar-refractivity contribution in [3.05, 3.63) is 21.4 Å². The molecule has 0 bridgehead atoms. The van der Waals surface area contributed by atoms with E-state index in [1.54, 1.807) is 11.3 Å². The van der Waals surface area contributed by atoms with E-state index in [4.69, 9.17) is 0 Å². The highest BCUT2D eigenvalue weighted by atomic mass is 32.1. The number of carbonyl (C=O) groups is 1. The Kier molecular flexibility index (Phi) is 3.37. The summed E-state index contributed by atoms with van der Waals surface area (Å²) in [6, 6.07) is 2.08. The normalized spacial score (nSPS) is 20.9. The van der Waals surface area contributed by atoms with Gasteiger partial charge in [-0.25, -0.2) is 5.01 Å². The Labute approximate surface area is 112 Å². The summed E-state index contributed by atoms with van der Waals surface area (Å²) < 4.78 is 0. The number of hydrogen-bond donors (Lipinski definition) is 1. The summed E-state index contributed by atoms with van der Waals surface area (Å²) in [5.74, 6) is 0.0685. The molecule has 0 radical (unpaired) electrons. The molecule has 0 aromatic carbocycles. The number of carbonyl (C=O) groups excluding carboxylic acids is 1. The number of rotatable bonds is 2. The van der Waals surface area contributed by atoms with Gasteiger partial charge < -0.3 is 4.90 Å². The predicted octanol–water partition coefficient (Wildman–Crippen LogP) is 1.13. The summed E-state index contributed by atoms with van der Waals surface area (Å²) in [6.07, 6.45) is 3.55. The molecule has 1 amide bonds. The van der Waals surface area contributed by atoms with Gasteiger partial charge in [0.25, 0.3) is 5.91 Å². The lowest BCUT2D eigenvalue weighted by molar-refractivity contribution is 0.0666.